The number of carbonyl (C=O) groups excluding carboxylic acids is 1. The van der Waals surface area contributed by atoms with Gasteiger partial charge in [-0.1, -0.05) is 28.1 Å². The lowest BCUT2D eigenvalue weighted by Crippen LogP contribution is -2.36. The fourth-order valence-corrected chi connectivity index (χ4v) is 4.26. The van der Waals surface area contributed by atoms with E-state index in [0.717, 1.165) is 15.4 Å². The van der Waals surface area contributed by atoms with Crippen molar-refractivity contribution in [1.82, 2.24) is 9.78 Å². The van der Waals surface area contributed by atoms with Crippen LogP contribution < -0.4 is 24.8 Å². The largest absolute Gasteiger partial charge is 0.493 e. The Morgan fingerprint density at radius 2 is 1.74 bits per heavy atom. The lowest BCUT2D eigenvalue weighted by atomic mass is 9.96. The number of rotatable bonds is 6. The van der Waals surface area contributed by atoms with Crippen molar-refractivity contribution >= 4 is 33.3 Å². The first kappa shape index (κ1) is 24.7. The summed E-state index contributed by atoms with van der Waals surface area (Å²) in [4.78, 5) is 13.1. The quantitative estimate of drug-likeness (QED) is 0.413. The third-order valence-corrected chi connectivity index (χ3v) is 6.21. The minimum absolute atomic E-state index is 0.0172. The van der Waals surface area contributed by atoms with Crippen LogP contribution in [0.5, 0.6) is 17.2 Å². The molecule has 3 aromatic rings. The molecule has 0 fully saturated rings. The SMILES string of the molecule is COc1cc(NC(=O)c2cnn3c2N[C@@H](c2ccc(Br)cc2)C[C@H]3C(F)(F)F)cc(OC)c1OC. The Morgan fingerprint density at radius 3 is 2.29 bits per heavy atom. The zero-order valence-corrected chi connectivity index (χ0v) is 20.5. The molecule has 1 aromatic heterocycles. The molecule has 2 heterocycles. The van der Waals surface area contributed by atoms with Crippen LogP contribution in [0.2, 0.25) is 0 Å². The van der Waals surface area contributed by atoms with E-state index in [1.54, 1.807) is 24.3 Å². The molecule has 2 N–H and O–H groups in total. The van der Waals surface area contributed by atoms with Gasteiger partial charge in [-0.3, -0.25) is 4.79 Å². The molecule has 2 aromatic carbocycles. The van der Waals surface area contributed by atoms with Crippen molar-refractivity contribution in [1.29, 1.82) is 0 Å². The Labute approximate surface area is 207 Å². The number of nitrogens with zero attached hydrogens (tertiary/aromatic N) is 2. The topological polar surface area (TPSA) is 86.6 Å². The summed E-state index contributed by atoms with van der Waals surface area (Å²) in [5.41, 5.74) is 0.929. The molecular weight excluding hydrogens is 533 g/mol. The predicted molar refractivity (Wildman–Crippen MR) is 126 cm³/mol. The van der Waals surface area contributed by atoms with Gasteiger partial charge in [0, 0.05) is 28.7 Å². The number of anilines is 2. The van der Waals surface area contributed by atoms with Crippen molar-refractivity contribution in [3.05, 3.63) is 58.2 Å². The molecular formula is C23H22BrF3N4O4. The molecule has 8 nitrogen and oxygen atoms in total. The van der Waals surface area contributed by atoms with Crippen molar-refractivity contribution in [2.45, 2.75) is 24.7 Å². The van der Waals surface area contributed by atoms with E-state index < -0.39 is 24.2 Å². The van der Waals surface area contributed by atoms with Crippen LogP contribution in [0.3, 0.4) is 0 Å². The molecule has 1 aliphatic heterocycles. The van der Waals surface area contributed by atoms with E-state index in [2.05, 4.69) is 31.7 Å². The highest BCUT2D eigenvalue weighted by atomic mass is 79.9. The minimum atomic E-state index is -4.55. The summed E-state index contributed by atoms with van der Waals surface area (Å²) >= 11 is 3.33. The normalized spacial score (nSPS) is 17.2. The van der Waals surface area contributed by atoms with E-state index in [9.17, 15) is 18.0 Å². The number of benzene rings is 2. The Hall–Kier alpha value is -3.41. The van der Waals surface area contributed by atoms with Gasteiger partial charge < -0.3 is 24.8 Å². The Balaban J connectivity index is 1.69. The van der Waals surface area contributed by atoms with Gasteiger partial charge in [0.2, 0.25) is 5.75 Å². The van der Waals surface area contributed by atoms with Crippen LogP contribution >= 0.6 is 15.9 Å². The number of fused-ring (bicyclic) bond motifs is 1. The average molecular weight is 555 g/mol. The summed E-state index contributed by atoms with van der Waals surface area (Å²) in [6.07, 6.45) is -3.70. The molecule has 4 rings (SSSR count). The van der Waals surface area contributed by atoms with E-state index in [-0.39, 0.29) is 17.8 Å². The van der Waals surface area contributed by atoms with Crippen molar-refractivity contribution in [3.8, 4) is 17.2 Å². The number of ether oxygens (including phenoxy) is 3. The first-order valence-corrected chi connectivity index (χ1v) is 11.2. The summed E-state index contributed by atoms with van der Waals surface area (Å²) in [5, 5.41) is 9.64. The number of carbonyl (C=O) groups is 1. The molecule has 0 aliphatic carbocycles. The van der Waals surface area contributed by atoms with Gasteiger partial charge in [0.05, 0.1) is 33.6 Å². The summed E-state index contributed by atoms with van der Waals surface area (Å²) in [5.74, 6) is 0.291. The first-order valence-electron chi connectivity index (χ1n) is 10.4. The maximum Gasteiger partial charge on any atom is 0.410 e. The highest BCUT2D eigenvalue weighted by molar-refractivity contribution is 9.10. The van der Waals surface area contributed by atoms with Gasteiger partial charge in [0.25, 0.3) is 5.91 Å². The number of nitrogens with one attached hydrogen (secondary N) is 2. The Kier molecular flexibility index (Phi) is 6.84. The molecule has 0 saturated heterocycles. The predicted octanol–water partition coefficient (Wildman–Crippen LogP) is 5.58. The third-order valence-electron chi connectivity index (χ3n) is 5.68. The molecule has 0 unspecified atom stereocenters. The minimum Gasteiger partial charge on any atom is -0.493 e. The second-order valence-electron chi connectivity index (χ2n) is 7.76. The molecule has 0 radical (unpaired) electrons. The van der Waals surface area contributed by atoms with Crippen LogP contribution in [0.1, 0.15) is 34.4 Å². The lowest BCUT2D eigenvalue weighted by Gasteiger charge is -2.34. The van der Waals surface area contributed by atoms with Crippen LogP contribution in [-0.2, 0) is 0 Å². The molecule has 0 saturated carbocycles. The number of hydrogen-bond acceptors (Lipinski definition) is 6. The molecule has 1 amide bonds. The van der Waals surface area contributed by atoms with E-state index >= 15 is 0 Å². The number of hydrogen-bond donors (Lipinski definition) is 2. The number of halogens is 4. The zero-order valence-electron chi connectivity index (χ0n) is 18.9. The van der Waals surface area contributed by atoms with E-state index in [4.69, 9.17) is 14.2 Å². The van der Waals surface area contributed by atoms with Crippen LogP contribution in [0.25, 0.3) is 0 Å². The number of amides is 1. The molecule has 0 bridgehead atoms. The lowest BCUT2D eigenvalue weighted by molar-refractivity contribution is -0.173. The van der Waals surface area contributed by atoms with Crippen molar-refractivity contribution < 1.29 is 32.2 Å². The van der Waals surface area contributed by atoms with Gasteiger partial charge >= 0.3 is 6.18 Å². The maximum atomic E-state index is 13.9. The molecule has 0 spiro atoms. The fraction of sp³-hybridized carbons (Fsp3) is 0.304. The highest BCUT2D eigenvalue weighted by Crippen LogP contribution is 2.45. The standard InChI is InChI=1S/C23H22BrF3N4O4/c1-33-17-8-14(9-18(34-2)20(17)35-3)29-22(32)15-11-28-31-19(23(25,26)27)10-16(30-21(15)31)12-4-6-13(24)7-5-12/h4-9,11,16,19,30H,10H2,1-3H3,(H,29,32)/t16-,19+/m1/s1. The van der Waals surface area contributed by atoms with E-state index in [1.165, 1.54) is 33.5 Å². The maximum absolute atomic E-state index is 13.9. The Bertz CT molecular complexity index is 1210. The van der Waals surface area contributed by atoms with Gasteiger partial charge in [-0.15, -0.1) is 0 Å². The number of alkyl halides is 3. The van der Waals surface area contributed by atoms with Gasteiger partial charge in [0.15, 0.2) is 17.5 Å². The second kappa shape index (κ2) is 9.68. The number of methoxy groups -OCH3 is 3. The molecule has 186 valence electrons. The van der Waals surface area contributed by atoms with Crippen molar-refractivity contribution in [2.75, 3.05) is 32.0 Å². The van der Waals surface area contributed by atoms with Crippen LogP contribution in [0.4, 0.5) is 24.7 Å². The summed E-state index contributed by atoms with van der Waals surface area (Å²) < 4.78 is 59.3. The fourth-order valence-electron chi connectivity index (χ4n) is 3.99. The van der Waals surface area contributed by atoms with Crippen molar-refractivity contribution in [2.24, 2.45) is 0 Å². The molecule has 12 heteroatoms. The van der Waals surface area contributed by atoms with Gasteiger partial charge in [-0.2, -0.15) is 18.3 Å². The van der Waals surface area contributed by atoms with E-state index in [1.807, 2.05) is 0 Å². The molecule has 1 aliphatic rings. The molecule has 2 atom stereocenters. The van der Waals surface area contributed by atoms with Crippen LogP contribution in [0.15, 0.2) is 47.1 Å². The summed E-state index contributed by atoms with van der Waals surface area (Å²) in [6.45, 7) is 0. The smallest absolute Gasteiger partial charge is 0.410 e. The monoisotopic (exact) mass is 554 g/mol. The van der Waals surface area contributed by atoms with Crippen molar-refractivity contribution in [3.63, 3.8) is 0 Å². The molecule has 35 heavy (non-hydrogen) atoms. The van der Waals surface area contributed by atoms with Crippen LogP contribution in [0, 0.1) is 0 Å². The average Bonchev–Trinajstić information content (AvgIpc) is 3.26. The first-order chi connectivity index (χ1) is 16.7. The third kappa shape index (κ3) is 4.88. The van der Waals surface area contributed by atoms with Crippen LogP contribution in [-0.4, -0.2) is 43.2 Å². The Morgan fingerprint density at radius 1 is 1.11 bits per heavy atom. The highest BCUT2D eigenvalue weighted by Gasteiger charge is 2.47. The number of aromatic nitrogens is 2. The summed E-state index contributed by atoms with van der Waals surface area (Å²) in [6, 6.07) is 7.44. The van der Waals surface area contributed by atoms with Gasteiger partial charge in [-0.25, -0.2) is 4.68 Å². The van der Waals surface area contributed by atoms with Gasteiger partial charge in [0.1, 0.15) is 11.4 Å². The zero-order chi connectivity index (χ0) is 25.3. The van der Waals surface area contributed by atoms with Gasteiger partial charge in [-0.05, 0) is 17.7 Å². The summed E-state index contributed by atoms with van der Waals surface area (Å²) in [7, 11) is 4.31. The second-order valence-corrected chi connectivity index (χ2v) is 8.68. The van der Waals surface area contributed by atoms with E-state index in [0.29, 0.717) is 28.5 Å².